The zero-order valence-electron chi connectivity index (χ0n) is 16.6. The molecule has 0 aliphatic heterocycles. The van der Waals surface area contributed by atoms with Crippen LogP contribution in [0.4, 0.5) is 0 Å². The minimum atomic E-state index is -0.991. The normalized spacial score (nSPS) is 12.5. The summed E-state index contributed by atoms with van der Waals surface area (Å²) in [6.07, 6.45) is 4.43. The molecular formula is C22H21Br2NO5. The average Bonchev–Trinajstić information content (AvgIpc) is 2.67. The predicted octanol–water partition coefficient (Wildman–Crippen LogP) is 5.37. The second-order valence-corrected chi connectivity index (χ2v) is 8.42. The van der Waals surface area contributed by atoms with Gasteiger partial charge < -0.3 is 14.6 Å². The lowest BCUT2D eigenvalue weighted by Gasteiger charge is -2.12. The fourth-order valence-corrected chi connectivity index (χ4v) is 3.47. The molecule has 2 rings (SSSR count). The van der Waals surface area contributed by atoms with Gasteiger partial charge in [0, 0.05) is 16.8 Å². The van der Waals surface area contributed by atoms with Crippen molar-refractivity contribution in [2.24, 2.45) is 10.9 Å². The van der Waals surface area contributed by atoms with E-state index in [-0.39, 0.29) is 11.7 Å². The number of carboxylic acid groups (broad SMARTS) is 1. The molecule has 1 unspecified atom stereocenters. The zero-order chi connectivity index (χ0) is 22.3. The van der Waals surface area contributed by atoms with Gasteiger partial charge in [-0.2, -0.15) is 0 Å². The van der Waals surface area contributed by atoms with Crippen molar-refractivity contribution in [3.8, 4) is 11.5 Å². The molecule has 0 aliphatic rings. The summed E-state index contributed by atoms with van der Waals surface area (Å²) in [7, 11) is 1.45. The maximum Gasteiger partial charge on any atom is 0.336 e. The molecular weight excluding hydrogens is 518 g/mol. The van der Waals surface area contributed by atoms with Gasteiger partial charge in [-0.25, -0.2) is 9.59 Å². The highest BCUT2D eigenvalue weighted by Gasteiger charge is 2.20. The Morgan fingerprint density at radius 3 is 2.47 bits per heavy atom. The van der Waals surface area contributed by atoms with E-state index in [1.165, 1.54) is 19.4 Å². The number of hydrogen-bond acceptors (Lipinski definition) is 5. The number of benzene rings is 2. The van der Waals surface area contributed by atoms with Gasteiger partial charge in [0.05, 0.1) is 11.6 Å². The number of carbonyl (C=O) groups excluding carboxylic acids is 1. The summed E-state index contributed by atoms with van der Waals surface area (Å²) in [6, 6.07) is 9.93. The smallest absolute Gasteiger partial charge is 0.336 e. The first kappa shape index (κ1) is 23.8. The minimum absolute atomic E-state index is 0.152. The number of nitrogens with zero attached hydrogens (tertiary/aromatic N) is 1. The van der Waals surface area contributed by atoms with Crippen LogP contribution in [0.1, 0.15) is 25.0 Å². The van der Waals surface area contributed by atoms with Crippen molar-refractivity contribution in [1.29, 1.82) is 0 Å². The van der Waals surface area contributed by atoms with Crippen molar-refractivity contribution >= 4 is 56.1 Å². The van der Waals surface area contributed by atoms with E-state index in [0.29, 0.717) is 15.8 Å². The number of ether oxygens (including phenoxy) is 2. The maximum atomic E-state index is 12.3. The summed E-state index contributed by atoms with van der Waals surface area (Å²) < 4.78 is 12.1. The van der Waals surface area contributed by atoms with E-state index in [2.05, 4.69) is 36.9 Å². The van der Waals surface area contributed by atoms with Crippen molar-refractivity contribution in [2.45, 2.75) is 19.9 Å². The quantitative estimate of drug-likeness (QED) is 0.211. The van der Waals surface area contributed by atoms with E-state index in [4.69, 9.17) is 9.47 Å². The first-order chi connectivity index (χ1) is 14.2. The molecule has 1 atom stereocenters. The average molecular weight is 539 g/mol. The molecule has 158 valence electrons. The number of halogens is 2. The van der Waals surface area contributed by atoms with Gasteiger partial charge in [-0.1, -0.05) is 41.9 Å². The number of methoxy groups -OCH3 is 1. The maximum absolute atomic E-state index is 12.3. The van der Waals surface area contributed by atoms with Crippen LogP contribution >= 0.6 is 31.9 Å². The Hall–Kier alpha value is -2.45. The Morgan fingerprint density at radius 2 is 1.87 bits per heavy atom. The molecule has 0 aliphatic carbocycles. The number of carboxylic acids is 1. The summed E-state index contributed by atoms with van der Waals surface area (Å²) in [5, 5.41) is 9.25. The van der Waals surface area contributed by atoms with Gasteiger partial charge in [0.2, 0.25) is 0 Å². The Kier molecular flexibility index (Phi) is 8.80. The Balaban J connectivity index is 2.21. The molecule has 0 aromatic heterocycles. The predicted molar refractivity (Wildman–Crippen MR) is 123 cm³/mol. The van der Waals surface area contributed by atoms with Crippen molar-refractivity contribution in [1.82, 2.24) is 0 Å². The topological polar surface area (TPSA) is 85.2 Å². The molecule has 0 heterocycles. The van der Waals surface area contributed by atoms with Crippen LogP contribution in [0.3, 0.4) is 0 Å². The number of esters is 1. The molecule has 30 heavy (non-hydrogen) atoms. The number of aliphatic carboxylic acids is 1. The van der Waals surface area contributed by atoms with E-state index in [0.717, 1.165) is 10.0 Å². The summed E-state index contributed by atoms with van der Waals surface area (Å²) in [5.41, 5.74) is 1.45. The van der Waals surface area contributed by atoms with Gasteiger partial charge in [-0.3, -0.25) is 4.99 Å². The fraction of sp³-hybridized carbons (Fsp3) is 0.227. The molecule has 0 radical (unpaired) electrons. The molecule has 6 nitrogen and oxygen atoms in total. The number of rotatable bonds is 8. The molecule has 2 aromatic carbocycles. The van der Waals surface area contributed by atoms with E-state index in [1.54, 1.807) is 32.1 Å². The lowest BCUT2D eigenvalue weighted by molar-refractivity contribution is -0.139. The lowest BCUT2D eigenvalue weighted by Crippen LogP contribution is -2.24. The number of carbonyl (C=O) groups is 2. The molecule has 0 bridgehead atoms. The van der Waals surface area contributed by atoms with E-state index < -0.39 is 18.0 Å². The van der Waals surface area contributed by atoms with Gasteiger partial charge in [0.1, 0.15) is 6.04 Å². The third-order valence-corrected chi connectivity index (χ3v) is 5.07. The summed E-state index contributed by atoms with van der Waals surface area (Å²) >= 11 is 6.75. The zero-order valence-corrected chi connectivity index (χ0v) is 19.8. The summed E-state index contributed by atoms with van der Waals surface area (Å²) in [4.78, 5) is 27.7. The third-order valence-electron chi connectivity index (χ3n) is 3.98. The van der Waals surface area contributed by atoms with Crippen LogP contribution in [0.5, 0.6) is 11.5 Å². The van der Waals surface area contributed by atoms with Crippen LogP contribution in [0, 0.1) is 5.92 Å². The number of hydrogen-bond donors (Lipinski definition) is 1. The van der Waals surface area contributed by atoms with Crippen LogP contribution in [-0.4, -0.2) is 36.4 Å². The summed E-state index contributed by atoms with van der Waals surface area (Å²) in [6.45, 7) is 3.58. The first-order valence-electron chi connectivity index (χ1n) is 9.00. The highest BCUT2D eigenvalue weighted by molar-refractivity contribution is 9.10. The highest BCUT2D eigenvalue weighted by atomic mass is 79.9. The van der Waals surface area contributed by atoms with Gasteiger partial charge in [-0.05, 0) is 63.3 Å². The Morgan fingerprint density at radius 1 is 1.13 bits per heavy atom. The van der Waals surface area contributed by atoms with Gasteiger partial charge in [0.15, 0.2) is 11.5 Å². The Bertz CT molecular complexity index is 985. The van der Waals surface area contributed by atoms with Crippen molar-refractivity contribution in [3.05, 3.63) is 62.5 Å². The SMILES string of the molecule is COc1cc(/C=N/C(C(=O)O)C(C)C)cc(Br)c1OC(=O)/C=C/c1cccc(Br)c1. The van der Waals surface area contributed by atoms with E-state index in [9.17, 15) is 14.7 Å². The largest absolute Gasteiger partial charge is 0.493 e. The van der Waals surface area contributed by atoms with Gasteiger partial charge in [0.25, 0.3) is 0 Å². The summed E-state index contributed by atoms with van der Waals surface area (Å²) in [5.74, 6) is -1.18. The lowest BCUT2D eigenvalue weighted by atomic mass is 10.1. The van der Waals surface area contributed by atoms with Gasteiger partial charge in [-0.15, -0.1) is 0 Å². The monoisotopic (exact) mass is 537 g/mol. The van der Waals surface area contributed by atoms with Crippen LogP contribution in [-0.2, 0) is 9.59 Å². The molecule has 8 heteroatoms. The standard InChI is InChI=1S/C22H21Br2NO5/c1-13(2)20(22(27)28)25-12-15-10-17(24)21(18(11-15)29-3)30-19(26)8-7-14-5-4-6-16(23)9-14/h4-13,20H,1-3H3,(H,27,28)/b8-7+,25-12+. The Labute approximate surface area is 191 Å². The van der Waals surface area contributed by atoms with Crippen molar-refractivity contribution in [3.63, 3.8) is 0 Å². The molecule has 0 amide bonds. The van der Waals surface area contributed by atoms with E-state index >= 15 is 0 Å². The molecule has 1 N–H and O–H groups in total. The molecule has 0 saturated heterocycles. The van der Waals surface area contributed by atoms with E-state index in [1.807, 2.05) is 24.3 Å². The van der Waals surface area contributed by atoms with Crippen molar-refractivity contribution < 1.29 is 24.2 Å². The highest BCUT2D eigenvalue weighted by Crippen LogP contribution is 2.36. The third kappa shape index (κ3) is 6.81. The number of aliphatic imine (C=N–C) groups is 1. The van der Waals surface area contributed by atoms with Crippen molar-refractivity contribution in [2.75, 3.05) is 7.11 Å². The fourth-order valence-electron chi connectivity index (χ4n) is 2.51. The van der Waals surface area contributed by atoms with Crippen LogP contribution < -0.4 is 9.47 Å². The van der Waals surface area contributed by atoms with Gasteiger partial charge >= 0.3 is 11.9 Å². The minimum Gasteiger partial charge on any atom is -0.493 e. The second kappa shape index (κ2) is 11.1. The van der Waals surface area contributed by atoms with Crippen LogP contribution in [0.15, 0.2) is 56.4 Å². The molecule has 2 aromatic rings. The van der Waals surface area contributed by atoms with Crippen LogP contribution in [0.25, 0.3) is 6.08 Å². The van der Waals surface area contributed by atoms with Crippen LogP contribution in [0.2, 0.25) is 0 Å². The second-order valence-electron chi connectivity index (χ2n) is 6.65. The molecule has 0 saturated carbocycles. The first-order valence-corrected chi connectivity index (χ1v) is 10.6. The molecule has 0 spiro atoms. The molecule has 0 fully saturated rings.